The number of para-hydroxylation sites is 1. The highest BCUT2D eigenvalue weighted by molar-refractivity contribution is 6.03. The van der Waals surface area contributed by atoms with Gasteiger partial charge in [-0.2, -0.15) is 0 Å². The van der Waals surface area contributed by atoms with E-state index in [1.54, 1.807) is 66.7 Å². The lowest BCUT2D eigenvalue weighted by Gasteiger charge is -2.08. The van der Waals surface area contributed by atoms with E-state index in [2.05, 4.69) is 16.2 Å². The molecule has 3 amide bonds. The van der Waals surface area contributed by atoms with Crippen LogP contribution in [0.15, 0.2) is 102 Å². The lowest BCUT2D eigenvalue weighted by Crippen LogP contribution is -2.40. The van der Waals surface area contributed by atoms with Crippen LogP contribution in [0.4, 0.5) is 5.69 Å². The van der Waals surface area contributed by atoms with E-state index in [1.807, 2.05) is 0 Å². The SMILES string of the molecule is COc1ccc(C(=O)Oc2ccccc2/C=C/C(=O)NNC(=O)c2ccc(NC(=O)c3ccco3)cc2)cc1. The van der Waals surface area contributed by atoms with E-state index in [4.69, 9.17) is 13.9 Å². The summed E-state index contributed by atoms with van der Waals surface area (Å²) < 4.78 is 15.6. The number of hydrogen-bond acceptors (Lipinski definition) is 7. The monoisotopic (exact) mass is 525 g/mol. The van der Waals surface area contributed by atoms with Gasteiger partial charge >= 0.3 is 5.97 Å². The van der Waals surface area contributed by atoms with Crippen molar-refractivity contribution in [2.75, 3.05) is 12.4 Å². The maximum absolute atomic E-state index is 12.5. The Morgan fingerprint density at radius 1 is 0.769 bits per heavy atom. The molecule has 0 aliphatic heterocycles. The molecule has 0 atom stereocenters. The standard InChI is InChI=1S/C29H23N3O7/c1-37-23-15-10-21(11-16-23)29(36)39-24-6-3-2-5-19(24)12-17-26(33)31-32-27(34)20-8-13-22(14-9-20)30-28(35)25-7-4-18-38-25/h2-18H,1H3,(H,30,35)(H,31,33)(H,32,34)/b17-12+. The largest absolute Gasteiger partial charge is 0.497 e. The summed E-state index contributed by atoms with van der Waals surface area (Å²) in [6.45, 7) is 0. The normalized spacial score (nSPS) is 10.5. The molecule has 0 radical (unpaired) electrons. The van der Waals surface area contributed by atoms with Crippen molar-refractivity contribution in [2.45, 2.75) is 0 Å². The zero-order valence-corrected chi connectivity index (χ0v) is 20.7. The number of amides is 3. The minimum atomic E-state index is -0.609. The molecule has 0 aliphatic carbocycles. The molecule has 4 aromatic rings. The van der Waals surface area contributed by atoms with Crippen molar-refractivity contribution in [1.29, 1.82) is 0 Å². The van der Waals surface area contributed by atoms with Gasteiger partial charge in [0.05, 0.1) is 18.9 Å². The van der Waals surface area contributed by atoms with E-state index in [1.165, 1.54) is 43.7 Å². The van der Waals surface area contributed by atoms with Gasteiger partial charge in [0.25, 0.3) is 17.7 Å². The van der Waals surface area contributed by atoms with Crippen LogP contribution >= 0.6 is 0 Å². The topological polar surface area (TPSA) is 136 Å². The molecule has 1 aromatic heterocycles. The quantitative estimate of drug-likeness (QED) is 0.136. The van der Waals surface area contributed by atoms with Crippen LogP contribution in [0, 0.1) is 0 Å². The Morgan fingerprint density at radius 3 is 2.18 bits per heavy atom. The minimum Gasteiger partial charge on any atom is -0.497 e. The number of hydrogen-bond donors (Lipinski definition) is 3. The fourth-order valence-corrected chi connectivity index (χ4v) is 3.30. The van der Waals surface area contributed by atoms with Gasteiger partial charge in [-0.1, -0.05) is 18.2 Å². The van der Waals surface area contributed by atoms with Crippen molar-refractivity contribution < 1.29 is 33.1 Å². The number of carbonyl (C=O) groups excluding carboxylic acids is 4. The van der Waals surface area contributed by atoms with E-state index in [9.17, 15) is 19.2 Å². The number of carbonyl (C=O) groups is 4. The van der Waals surface area contributed by atoms with Crippen molar-refractivity contribution in [3.05, 3.63) is 120 Å². The van der Waals surface area contributed by atoms with Gasteiger partial charge in [-0.15, -0.1) is 0 Å². The third-order valence-electron chi connectivity index (χ3n) is 5.31. The number of esters is 1. The molecule has 0 saturated carbocycles. The lowest BCUT2D eigenvalue weighted by molar-refractivity contribution is -0.117. The molecule has 1 heterocycles. The van der Waals surface area contributed by atoms with Crippen LogP contribution in [0.25, 0.3) is 6.08 Å². The van der Waals surface area contributed by atoms with Gasteiger partial charge in [0.15, 0.2) is 5.76 Å². The number of nitrogens with one attached hydrogen (secondary N) is 3. The number of ether oxygens (including phenoxy) is 2. The molecule has 0 bridgehead atoms. The summed E-state index contributed by atoms with van der Waals surface area (Å²) >= 11 is 0. The van der Waals surface area contributed by atoms with E-state index >= 15 is 0 Å². The van der Waals surface area contributed by atoms with Crippen molar-refractivity contribution in [3.8, 4) is 11.5 Å². The molecule has 4 rings (SSSR count). The van der Waals surface area contributed by atoms with Crippen molar-refractivity contribution >= 4 is 35.5 Å². The van der Waals surface area contributed by atoms with Crippen LogP contribution in [-0.2, 0) is 4.79 Å². The molecule has 3 aromatic carbocycles. The number of furan rings is 1. The number of benzene rings is 3. The summed E-state index contributed by atoms with van der Waals surface area (Å²) in [5.41, 5.74) is 6.13. The molecular formula is C29H23N3O7. The first-order valence-corrected chi connectivity index (χ1v) is 11.6. The number of anilines is 1. The molecule has 0 aliphatic rings. The Bertz CT molecular complexity index is 1490. The van der Waals surface area contributed by atoms with Gasteiger partial charge in [0.2, 0.25) is 0 Å². The van der Waals surface area contributed by atoms with Gasteiger partial charge in [0.1, 0.15) is 11.5 Å². The molecule has 10 heteroatoms. The molecule has 0 saturated heterocycles. The van der Waals surface area contributed by atoms with Gasteiger partial charge in [-0.3, -0.25) is 25.2 Å². The van der Waals surface area contributed by atoms with E-state index in [0.29, 0.717) is 22.6 Å². The third-order valence-corrected chi connectivity index (χ3v) is 5.31. The molecule has 196 valence electrons. The maximum atomic E-state index is 12.5. The summed E-state index contributed by atoms with van der Waals surface area (Å²) in [6.07, 6.45) is 4.03. The average Bonchev–Trinajstić information content (AvgIpc) is 3.51. The predicted octanol–water partition coefficient (Wildman–Crippen LogP) is 4.23. The fourth-order valence-electron chi connectivity index (χ4n) is 3.30. The number of hydrazine groups is 1. The minimum absolute atomic E-state index is 0.158. The smallest absolute Gasteiger partial charge is 0.343 e. The molecule has 3 N–H and O–H groups in total. The van der Waals surface area contributed by atoms with Gasteiger partial charge in [-0.05, 0) is 72.8 Å². The molecular weight excluding hydrogens is 502 g/mol. The second-order valence-electron chi connectivity index (χ2n) is 7.94. The molecule has 0 unspecified atom stereocenters. The lowest BCUT2D eigenvalue weighted by atomic mass is 10.1. The van der Waals surface area contributed by atoms with Crippen LogP contribution in [0.3, 0.4) is 0 Å². The summed E-state index contributed by atoms with van der Waals surface area (Å²) in [4.78, 5) is 49.2. The third kappa shape index (κ3) is 7.20. The van der Waals surface area contributed by atoms with Crippen molar-refractivity contribution in [1.82, 2.24) is 10.9 Å². The summed E-state index contributed by atoms with van der Waals surface area (Å²) in [5, 5.41) is 2.64. The van der Waals surface area contributed by atoms with Crippen LogP contribution in [0.1, 0.15) is 36.8 Å². The number of rotatable bonds is 8. The van der Waals surface area contributed by atoms with Crippen LogP contribution in [-0.4, -0.2) is 30.8 Å². The Balaban J connectivity index is 1.30. The first-order valence-electron chi connectivity index (χ1n) is 11.6. The fraction of sp³-hybridized carbons (Fsp3) is 0.0345. The van der Waals surface area contributed by atoms with Crippen LogP contribution < -0.4 is 25.6 Å². The highest BCUT2D eigenvalue weighted by Gasteiger charge is 2.12. The highest BCUT2D eigenvalue weighted by atomic mass is 16.5. The van der Waals surface area contributed by atoms with Crippen molar-refractivity contribution in [2.24, 2.45) is 0 Å². The Hall–Kier alpha value is -5.64. The zero-order valence-electron chi connectivity index (χ0n) is 20.7. The number of methoxy groups -OCH3 is 1. The Morgan fingerprint density at radius 2 is 1.49 bits per heavy atom. The van der Waals surface area contributed by atoms with Crippen molar-refractivity contribution in [3.63, 3.8) is 0 Å². The maximum Gasteiger partial charge on any atom is 0.343 e. The molecule has 10 nitrogen and oxygen atoms in total. The van der Waals surface area contributed by atoms with Gasteiger partial charge in [-0.25, -0.2) is 4.79 Å². The summed E-state index contributed by atoms with van der Waals surface area (Å²) in [5.74, 6) is -1.14. The molecule has 0 spiro atoms. The van der Waals surface area contributed by atoms with Crippen LogP contribution in [0.5, 0.6) is 11.5 Å². The second kappa shape index (κ2) is 12.5. The highest BCUT2D eigenvalue weighted by Crippen LogP contribution is 2.21. The average molecular weight is 526 g/mol. The molecule has 39 heavy (non-hydrogen) atoms. The Kier molecular flexibility index (Phi) is 8.50. The van der Waals surface area contributed by atoms with E-state index < -0.39 is 23.7 Å². The predicted molar refractivity (Wildman–Crippen MR) is 142 cm³/mol. The first-order chi connectivity index (χ1) is 18.9. The first kappa shape index (κ1) is 26.4. The van der Waals surface area contributed by atoms with Gasteiger partial charge in [0, 0.05) is 22.9 Å². The Labute approximate surface area is 223 Å². The van der Waals surface area contributed by atoms with Gasteiger partial charge < -0.3 is 19.2 Å². The van der Waals surface area contributed by atoms with E-state index in [-0.39, 0.29) is 17.1 Å². The zero-order chi connectivity index (χ0) is 27.6. The second-order valence-corrected chi connectivity index (χ2v) is 7.94. The molecule has 0 fully saturated rings. The van der Waals surface area contributed by atoms with Crippen LogP contribution in [0.2, 0.25) is 0 Å². The van der Waals surface area contributed by atoms with E-state index in [0.717, 1.165) is 0 Å². The summed E-state index contributed by atoms with van der Waals surface area (Å²) in [7, 11) is 1.53. The summed E-state index contributed by atoms with van der Waals surface area (Å²) in [6, 6.07) is 22.4.